The van der Waals surface area contributed by atoms with Crippen molar-refractivity contribution in [3.63, 3.8) is 0 Å². The van der Waals surface area contributed by atoms with Crippen molar-refractivity contribution in [1.29, 1.82) is 0 Å². The van der Waals surface area contributed by atoms with Crippen LogP contribution in [-0.2, 0) is 25.9 Å². The summed E-state index contributed by atoms with van der Waals surface area (Å²) in [4.78, 5) is 2.66. The van der Waals surface area contributed by atoms with Crippen LogP contribution in [0.25, 0.3) is 0 Å². The number of rotatable bonds is 4. The lowest BCUT2D eigenvalue weighted by atomic mass is 9.89. The average Bonchev–Trinajstić information content (AvgIpc) is 2.63. The summed E-state index contributed by atoms with van der Waals surface area (Å²) in [7, 11) is 0. The number of hydrogen-bond donors (Lipinski definition) is 0. The first kappa shape index (κ1) is 17.1. The van der Waals surface area contributed by atoms with E-state index in [-0.39, 0.29) is 0 Å². The average molecular weight is 341 g/mol. The van der Waals surface area contributed by atoms with E-state index in [1.165, 1.54) is 33.4 Å². The van der Waals surface area contributed by atoms with Crippen LogP contribution in [0.2, 0.25) is 0 Å². The highest BCUT2D eigenvalue weighted by Crippen LogP contribution is 2.28. The van der Waals surface area contributed by atoms with Gasteiger partial charge in [-0.25, -0.2) is 0 Å². The summed E-state index contributed by atoms with van der Waals surface area (Å²) in [6.45, 7) is 6.45. The monoisotopic (exact) mass is 341 g/mol. The van der Waals surface area contributed by atoms with Crippen molar-refractivity contribution >= 4 is 0 Å². The van der Waals surface area contributed by atoms with Gasteiger partial charge in [0, 0.05) is 19.1 Å². The molecule has 0 spiro atoms. The lowest BCUT2D eigenvalue weighted by molar-refractivity contribution is 0.161. The molecule has 1 heteroatoms. The van der Waals surface area contributed by atoms with Crippen LogP contribution in [0.3, 0.4) is 0 Å². The maximum Gasteiger partial charge on any atom is 0.0243 e. The largest absolute Gasteiger partial charge is 0.291 e. The third-order valence-electron chi connectivity index (χ3n) is 5.49. The second kappa shape index (κ2) is 7.47. The van der Waals surface area contributed by atoms with Crippen molar-refractivity contribution in [3.8, 4) is 0 Å². The van der Waals surface area contributed by atoms with Crippen molar-refractivity contribution in [2.24, 2.45) is 0 Å². The van der Waals surface area contributed by atoms with Crippen molar-refractivity contribution in [2.45, 2.75) is 45.8 Å². The Morgan fingerprint density at radius 2 is 1.54 bits per heavy atom. The van der Waals surface area contributed by atoms with Gasteiger partial charge in [0.05, 0.1) is 0 Å². The Morgan fingerprint density at radius 1 is 0.769 bits per heavy atom. The van der Waals surface area contributed by atoms with E-state index in [1.54, 1.807) is 0 Å². The number of hydrogen-bond acceptors (Lipinski definition) is 1. The van der Waals surface area contributed by atoms with Crippen LogP contribution in [0, 0.1) is 13.8 Å². The molecule has 1 aliphatic heterocycles. The molecule has 0 saturated heterocycles. The topological polar surface area (TPSA) is 3.24 Å². The van der Waals surface area contributed by atoms with Gasteiger partial charge in [-0.15, -0.1) is 0 Å². The zero-order chi connectivity index (χ0) is 17.9. The number of nitrogens with zero attached hydrogens (tertiary/aromatic N) is 1. The highest BCUT2D eigenvalue weighted by Gasteiger charge is 2.26. The van der Waals surface area contributed by atoms with Gasteiger partial charge in [0.2, 0.25) is 0 Å². The molecular formula is C25H27N. The van der Waals surface area contributed by atoms with E-state index in [0.29, 0.717) is 6.04 Å². The predicted molar refractivity (Wildman–Crippen MR) is 109 cm³/mol. The maximum absolute atomic E-state index is 2.66. The first-order chi connectivity index (χ1) is 12.7. The zero-order valence-electron chi connectivity index (χ0n) is 15.8. The molecule has 0 amide bonds. The highest BCUT2D eigenvalue weighted by molar-refractivity contribution is 5.35. The molecule has 1 nitrogen and oxygen atoms in total. The van der Waals surface area contributed by atoms with Gasteiger partial charge < -0.3 is 0 Å². The number of aryl methyl sites for hydroxylation is 2. The molecule has 4 rings (SSSR count). The van der Waals surface area contributed by atoms with Crippen LogP contribution in [0.15, 0.2) is 72.8 Å². The molecule has 1 heterocycles. The van der Waals surface area contributed by atoms with Gasteiger partial charge in [0.1, 0.15) is 0 Å². The smallest absolute Gasteiger partial charge is 0.0243 e. The zero-order valence-corrected chi connectivity index (χ0v) is 15.8. The normalized spacial score (nSPS) is 17.1. The molecule has 0 radical (unpaired) electrons. The van der Waals surface area contributed by atoms with E-state index in [9.17, 15) is 0 Å². The quantitative estimate of drug-likeness (QED) is 0.608. The Bertz CT molecular complexity index is 882. The Hall–Kier alpha value is -2.38. The van der Waals surface area contributed by atoms with Crippen molar-refractivity contribution < 1.29 is 0 Å². The van der Waals surface area contributed by atoms with E-state index in [1.807, 2.05) is 0 Å². The highest BCUT2D eigenvalue weighted by atomic mass is 15.2. The molecule has 0 bridgehead atoms. The summed E-state index contributed by atoms with van der Waals surface area (Å²) in [5, 5.41) is 0. The van der Waals surface area contributed by atoms with Gasteiger partial charge in [-0.2, -0.15) is 0 Å². The van der Waals surface area contributed by atoms with Crippen LogP contribution in [0.1, 0.15) is 33.4 Å². The molecule has 1 aliphatic rings. The third kappa shape index (κ3) is 3.89. The summed E-state index contributed by atoms with van der Waals surface area (Å²) >= 11 is 0. The first-order valence-corrected chi connectivity index (χ1v) is 9.59. The van der Waals surface area contributed by atoms with E-state index >= 15 is 0 Å². The molecule has 0 saturated carbocycles. The maximum atomic E-state index is 2.66. The third-order valence-corrected chi connectivity index (χ3v) is 5.49. The van der Waals surface area contributed by atoms with Crippen LogP contribution in [0.5, 0.6) is 0 Å². The molecule has 0 aromatic heterocycles. The summed E-state index contributed by atoms with van der Waals surface area (Å²) in [5.41, 5.74) is 8.60. The molecule has 1 atom stereocenters. The molecule has 0 unspecified atom stereocenters. The summed E-state index contributed by atoms with van der Waals surface area (Å²) in [6.07, 6.45) is 2.25. The molecule has 0 fully saturated rings. The number of fused-ring (bicyclic) bond motifs is 1. The van der Waals surface area contributed by atoms with E-state index in [0.717, 1.165) is 25.9 Å². The minimum absolute atomic E-state index is 0.548. The van der Waals surface area contributed by atoms with Crippen LogP contribution in [0.4, 0.5) is 0 Å². The molecular weight excluding hydrogens is 314 g/mol. The molecule has 3 aromatic carbocycles. The summed E-state index contributed by atoms with van der Waals surface area (Å²) < 4.78 is 0. The van der Waals surface area contributed by atoms with Gasteiger partial charge in [-0.3, -0.25) is 4.90 Å². The van der Waals surface area contributed by atoms with Gasteiger partial charge in [0.25, 0.3) is 0 Å². The minimum atomic E-state index is 0.548. The Kier molecular flexibility index (Phi) is 4.90. The lowest BCUT2D eigenvalue weighted by Gasteiger charge is -2.37. The molecule has 0 aliphatic carbocycles. The fourth-order valence-corrected chi connectivity index (χ4v) is 4.15. The SMILES string of the molecule is Cc1cccc(C[C@H]2Cc3cc(C)ccc3CN2Cc2ccccc2)c1. The molecule has 132 valence electrons. The fourth-order valence-electron chi connectivity index (χ4n) is 4.15. The second-order valence-electron chi connectivity index (χ2n) is 7.71. The van der Waals surface area contributed by atoms with Gasteiger partial charge in [-0.05, 0) is 48.9 Å². The Labute approximate surface area is 157 Å². The molecule has 3 aromatic rings. The standard InChI is InChI=1S/C25H27N/c1-19-7-6-10-22(13-19)15-25-16-24-14-20(2)11-12-23(24)18-26(25)17-21-8-4-3-5-9-21/h3-14,25H,15-18H2,1-2H3/t25-/m0/s1. The van der Waals surface area contributed by atoms with Crippen LogP contribution < -0.4 is 0 Å². The van der Waals surface area contributed by atoms with Gasteiger partial charge in [0.15, 0.2) is 0 Å². The Morgan fingerprint density at radius 3 is 2.35 bits per heavy atom. The first-order valence-electron chi connectivity index (χ1n) is 9.59. The van der Waals surface area contributed by atoms with Crippen molar-refractivity contribution in [2.75, 3.05) is 0 Å². The number of benzene rings is 3. The summed E-state index contributed by atoms with van der Waals surface area (Å²) in [5.74, 6) is 0. The molecule has 0 N–H and O–H groups in total. The van der Waals surface area contributed by atoms with E-state index in [4.69, 9.17) is 0 Å². The van der Waals surface area contributed by atoms with Gasteiger partial charge in [-0.1, -0.05) is 83.9 Å². The Balaban J connectivity index is 1.62. The minimum Gasteiger partial charge on any atom is -0.291 e. The fraction of sp³-hybridized carbons (Fsp3) is 0.280. The molecule has 26 heavy (non-hydrogen) atoms. The summed E-state index contributed by atoms with van der Waals surface area (Å²) in [6, 6.07) is 27.4. The van der Waals surface area contributed by atoms with Crippen LogP contribution >= 0.6 is 0 Å². The predicted octanol–water partition coefficient (Wildman–Crippen LogP) is 5.47. The second-order valence-corrected chi connectivity index (χ2v) is 7.71. The lowest BCUT2D eigenvalue weighted by Crippen LogP contribution is -2.41. The van der Waals surface area contributed by atoms with Crippen molar-refractivity contribution in [3.05, 3.63) is 106 Å². The van der Waals surface area contributed by atoms with Gasteiger partial charge >= 0.3 is 0 Å². The van der Waals surface area contributed by atoms with Crippen molar-refractivity contribution in [1.82, 2.24) is 4.90 Å². The van der Waals surface area contributed by atoms with E-state index in [2.05, 4.69) is 91.5 Å². The van der Waals surface area contributed by atoms with E-state index < -0.39 is 0 Å². The van der Waals surface area contributed by atoms with Crippen LogP contribution in [-0.4, -0.2) is 10.9 Å².